The molecule has 0 saturated carbocycles. The maximum atomic E-state index is 6.25. The monoisotopic (exact) mass is 268 g/mol. The minimum absolute atomic E-state index is 0.310. The van der Waals surface area contributed by atoms with Gasteiger partial charge in [-0.2, -0.15) is 0 Å². The normalized spacial score (nSPS) is 12.6. The summed E-state index contributed by atoms with van der Waals surface area (Å²) < 4.78 is 10.9. The summed E-state index contributed by atoms with van der Waals surface area (Å²) in [5, 5.41) is 0. The topological polar surface area (TPSA) is 61.3 Å². The first-order chi connectivity index (χ1) is 9.67. The highest BCUT2D eigenvalue weighted by molar-refractivity contribution is 5.73. The van der Waals surface area contributed by atoms with E-state index in [0.717, 1.165) is 28.1 Å². The summed E-state index contributed by atoms with van der Waals surface area (Å²) in [6.07, 6.45) is 0. The van der Waals surface area contributed by atoms with Gasteiger partial charge in [0.15, 0.2) is 5.58 Å². The number of nitrogens with two attached hydrogens (primary N) is 1. The summed E-state index contributed by atoms with van der Waals surface area (Å²) in [6, 6.07) is 13.1. The van der Waals surface area contributed by atoms with Gasteiger partial charge < -0.3 is 14.9 Å². The Hall–Kier alpha value is -2.33. The van der Waals surface area contributed by atoms with Gasteiger partial charge in [-0.25, -0.2) is 4.98 Å². The number of aromatic nitrogens is 1. The van der Waals surface area contributed by atoms with Crippen molar-refractivity contribution in [3.05, 3.63) is 59.5 Å². The third-order valence-corrected chi connectivity index (χ3v) is 3.31. The van der Waals surface area contributed by atoms with Crippen molar-refractivity contribution in [2.75, 3.05) is 7.11 Å². The second-order valence-electron chi connectivity index (χ2n) is 4.74. The average Bonchev–Trinajstić information content (AvgIpc) is 2.89. The van der Waals surface area contributed by atoms with E-state index in [9.17, 15) is 0 Å². The zero-order chi connectivity index (χ0) is 14.1. The molecule has 0 bridgehead atoms. The number of hydrogen-bond donors (Lipinski definition) is 1. The van der Waals surface area contributed by atoms with Crippen LogP contribution in [0, 0.1) is 6.92 Å². The lowest BCUT2D eigenvalue weighted by Crippen LogP contribution is -2.10. The van der Waals surface area contributed by atoms with E-state index >= 15 is 0 Å². The van der Waals surface area contributed by atoms with Gasteiger partial charge in [-0.15, -0.1) is 0 Å². The fourth-order valence-electron chi connectivity index (χ4n) is 2.17. The van der Waals surface area contributed by atoms with Crippen LogP contribution in [0.25, 0.3) is 11.1 Å². The number of rotatable bonds is 3. The Labute approximate surface area is 117 Å². The zero-order valence-corrected chi connectivity index (χ0v) is 11.5. The van der Waals surface area contributed by atoms with Crippen LogP contribution in [-0.4, -0.2) is 12.1 Å². The molecule has 0 aliphatic rings. The number of nitrogens with zero attached hydrogens (tertiary/aromatic N) is 1. The lowest BCUT2D eigenvalue weighted by atomic mass is 10.1. The number of ether oxygens (including phenoxy) is 1. The summed E-state index contributed by atoms with van der Waals surface area (Å²) in [7, 11) is 1.64. The quantitative estimate of drug-likeness (QED) is 0.792. The number of fused-ring (bicyclic) bond motifs is 1. The highest BCUT2D eigenvalue weighted by Crippen LogP contribution is 2.27. The van der Waals surface area contributed by atoms with Gasteiger partial charge in [-0.05, 0) is 36.8 Å². The van der Waals surface area contributed by atoms with E-state index in [2.05, 4.69) is 4.98 Å². The summed E-state index contributed by atoms with van der Waals surface area (Å²) in [6.45, 7) is 1.95. The van der Waals surface area contributed by atoms with Crippen molar-refractivity contribution in [2.45, 2.75) is 13.0 Å². The molecule has 0 radical (unpaired) electrons. The van der Waals surface area contributed by atoms with Gasteiger partial charge in [0.05, 0.1) is 13.2 Å². The minimum Gasteiger partial charge on any atom is -0.497 e. The molecule has 2 N–H and O–H groups in total. The van der Waals surface area contributed by atoms with Crippen molar-refractivity contribution in [3.63, 3.8) is 0 Å². The Bertz CT molecular complexity index is 732. The number of hydrogen-bond acceptors (Lipinski definition) is 4. The Morgan fingerprint density at radius 2 is 1.90 bits per heavy atom. The number of pyridine rings is 1. The molecule has 0 amide bonds. The molecule has 3 rings (SSSR count). The fraction of sp³-hybridized carbons (Fsp3) is 0.188. The standard InChI is InChI=1S/C16H16N2O2/c1-10-3-8-14-13(18-10)9-15(20-14)16(17)11-4-6-12(19-2)7-5-11/h3-9,16H,17H2,1-2H3. The van der Waals surface area contributed by atoms with Gasteiger partial charge in [0.2, 0.25) is 0 Å². The van der Waals surface area contributed by atoms with Crippen molar-refractivity contribution in [3.8, 4) is 5.75 Å². The van der Waals surface area contributed by atoms with Crippen LogP contribution in [0.3, 0.4) is 0 Å². The number of furan rings is 1. The van der Waals surface area contributed by atoms with Gasteiger partial charge in [0.1, 0.15) is 17.0 Å². The van der Waals surface area contributed by atoms with E-state index in [1.54, 1.807) is 7.11 Å². The Kier molecular flexibility index (Phi) is 3.16. The molecule has 102 valence electrons. The highest BCUT2D eigenvalue weighted by Gasteiger charge is 2.15. The van der Waals surface area contributed by atoms with E-state index < -0.39 is 0 Å². The molecular formula is C16H16N2O2. The molecular weight excluding hydrogens is 252 g/mol. The van der Waals surface area contributed by atoms with Crippen molar-refractivity contribution in [1.29, 1.82) is 0 Å². The molecule has 2 aromatic heterocycles. The number of benzene rings is 1. The third-order valence-electron chi connectivity index (χ3n) is 3.31. The van der Waals surface area contributed by atoms with Crippen molar-refractivity contribution in [1.82, 2.24) is 4.98 Å². The van der Waals surface area contributed by atoms with Gasteiger partial charge in [0.25, 0.3) is 0 Å². The molecule has 1 atom stereocenters. The second-order valence-corrected chi connectivity index (χ2v) is 4.74. The first-order valence-electron chi connectivity index (χ1n) is 6.44. The second kappa shape index (κ2) is 4.98. The van der Waals surface area contributed by atoms with Crippen LogP contribution in [0.2, 0.25) is 0 Å². The average molecular weight is 268 g/mol. The minimum atomic E-state index is -0.310. The van der Waals surface area contributed by atoms with E-state index in [1.807, 2.05) is 49.4 Å². The summed E-state index contributed by atoms with van der Waals surface area (Å²) in [4.78, 5) is 4.43. The van der Waals surface area contributed by atoms with Crippen molar-refractivity contribution >= 4 is 11.1 Å². The number of aryl methyl sites for hydroxylation is 1. The maximum Gasteiger partial charge on any atom is 0.152 e. The molecule has 1 aromatic carbocycles. The first-order valence-corrected chi connectivity index (χ1v) is 6.44. The molecule has 3 aromatic rings. The van der Waals surface area contributed by atoms with Crippen molar-refractivity contribution in [2.24, 2.45) is 5.73 Å². The summed E-state index contributed by atoms with van der Waals surface area (Å²) >= 11 is 0. The maximum absolute atomic E-state index is 6.25. The van der Waals surface area contributed by atoms with E-state index in [0.29, 0.717) is 5.76 Å². The molecule has 20 heavy (non-hydrogen) atoms. The SMILES string of the molecule is COc1ccc(C(N)c2cc3nc(C)ccc3o2)cc1. The molecule has 2 heterocycles. The van der Waals surface area contributed by atoms with E-state index in [1.165, 1.54) is 0 Å². The fourth-order valence-corrected chi connectivity index (χ4v) is 2.17. The van der Waals surface area contributed by atoms with Crippen LogP contribution in [0.1, 0.15) is 23.1 Å². The Morgan fingerprint density at radius 1 is 1.15 bits per heavy atom. The lowest BCUT2D eigenvalue weighted by Gasteiger charge is -2.09. The van der Waals surface area contributed by atoms with Crippen molar-refractivity contribution < 1.29 is 9.15 Å². The highest BCUT2D eigenvalue weighted by atomic mass is 16.5. The zero-order valence-electron chi connectivity index (χ0n) is 11.5. The number of methoxy groups -OCH3 is 1. The lowest BCUT2D eigenvalue weighted by molar-refractivity contribution is 0.414. The molecule has 0 spiro atoms. The molecule has 0 aliphatic carbocycles. The van der Waals surface area contributed by atoms with Gasteiger partial charge in [-0.1, -0.05) is 12.1 Å². The Morgan fingerprint density at radius 3 is 2.60 bits per heavy atom. The van der Waals surface area contributed by atoms with Gasteiger partial charge >= 0.3 is 0 Å². The predicted octanol–water partition coefficient (Wildman–Crippen LogP) is 3.19. The molecule has 4 heteroatoms. The van der Waals surface area contributed by atoms with Crippen LogP contribution in [0.5, 0.6) is 5.75 Å². The largest absolute Gasteiger partial charge is 0.497 e. The van der Waals surface area contributed by atoms with Crippen LogP contribution in [0.15, 0.2) is 46.9 Å². The van der Waals surface area contributed by atoms with Crippen LogP contribution in [0.4, 0.5) is 0 Å². The molecule has 0 fully saturated rings. The Balaban J connectivity index is 1.96. The molecule has 0 saturated heterocycles. The summed E-state index contributed by atoms with van der Waals surface area (Å²) in [5.41, 5.74) is 9.78. The predicted molar refractivity (Wildman–Crippen MR) is 77.8 cm³/mol. The first kappa shape index (κ1) is 12.7. The van der Waals surface area contributed by atoms with Gasteiger partial charge in [0, 0.05) is 11.8 Å². The van der Waals surface area contributed by atoms with E-state index in [4.69, 9.17) is 14.9 Å². The smallest absolute Gasteiger partial charge is 0.152 e. The third kappa shape index (κ3) is 2.26. The van der Waals surface area contributed by atoms with Crippen LogP contribution < -0.4 is 10.5 Å². The summed E-state index contributed by atoms with van der Waals surface area (Å²) in [5.74, 6) is 1.52. The van der Waals surface area contributed by atoms with Crippen LogP contribution >= 0.6 is 0 Å². The van der Waals surface area contributed by atoms with E-state index in [-0.39, 0.29) is 6.04 Å². The molecule has 1 unspecified atom stereocenters. The van der Waals surface area contributed by atoms with Gasteiger partial charge in [-0.3, -0.25) is 0 Å². The molecule has 0 aliphatic heterocycles. The molecule has 4 nitrogen and oxygen atoms in total. The van der Waals surface area contributed by atoms with Crippen LogP contribution in [-0.2, 0) is 0 Å².